The Bertz CT molecular complexity index is 541. The number of likely N-dealkylation sites (N-methyl/N-ethyl adjacent to an activating group) is 1. The summed E-state index contributed by atoms with van der Waals surface area (Å²) in [6.07, 6.45) is 0.925. The summed E-state index contributed by atoms with van der Waals surface area (Å²) in [4.78, 5) is 29.1. The number of hydrogen-bond acceptors (Lipinski definition) is 4. The SMILES string of the molecule is CNC(=O)C1COCCN1C(=O)c1cc(F)cnc1Cl. The highest BCUT2D eigenvalue weighted by Gasteiger charge is 2.33. The molecule has 1 aliphatic rings. The van der Waals surface area contributed by atoms with Crippen molar-refractivity contribution in [3.63, 3.8) is 0 Å². The lowest BCUT2D eigenvalue weighted by Crippen LogP contribution is -2.55. The average molecular weight is 302 g/mol. The Hall–Kier alpha value is -1.73. The molecule has 0 radical (unpaired) electrons. The van der Waals surface area contributed by atoms with Crippen LogP contribution in [0.1, 0.15) is 10.4 Å². The fourth-order valence-electron chi connectivity index (χ4n) is 1.96. The van der Waals surface area contributed by atoms with Gasteiger partial charge in [-0.1, -0.05) is 11.6 Å². The number of nitrogens with zero attached hydrogens (tertiary/aromatic N) is 2. The van der Waals surface area contributed by atoms with Crippen molar-refractivity contribution in [3.8, 4) is 0 Å². The highest BCUT2D eigenvalue weighted by molar-refractivity contribution is 6.32. The van der Waals surface area contributed by atoms with Gasteiger partial charge < -0.3 is 15.0 Å². The second-order valence-electron chi connectivity index (χ2n) is 4.20. The third-order valence-corrected chi connectivity index (χ3v) is 3.28. The Labute approximate surface area is 119 Å². The minimum Gasteiger partial charge on any atom is -0.377 e. The van der Waals surface area contributed by atoms with Crippen LogP contribution in [0.15, 0.2) is 12.3 Å². The molecular weight excluding hydrogens is 289 g/mol. The van der Waals surface area contributed by atoms with Crippen LogP contribution in [0.2, 0.25) is 5.15 Å². The maximum atomic E-state index is 13.2. The number of halogens is 2. The maximum absolute atomic E-state index is 13.2. The summed E-state index contributed by atoms with van der Waals surface area (Å²) >= 11 is 5.81. The Morgan fingerprint density at radius 2 is 2.35 bits per heavy atom. The zero-order valence-corrected chi connectivity index (χ0v) is 11.5. The Balaban J connectivity index is 2.30. The summed E-state index contributed by atoms with van der Waals surface area (Å²) in [5.74, 6) is -1.56. The fourth-order valence-corrected chi connectivity index (χ4v) is 2.14. The van der Waals surface area contributed by atoms with Crippen molar-refractivity contribution in [3.05, 3.63) is 28.8 Å². The van der Waals surface area contributed by atoms with E-state index in [0.717, 1.165) is 12.3 Å². The zero-order chi connectivity index (χ0) is 14.7. The van der Waals surface area contributed by atoms with Crippen molar-refractivity contribution < 1.29 is 18.7 Å². The van der Waals surface area contributed by atoms with Gasteiger partial charge in [0.05, 0.1) is 25.0 Å². The Morgan fingerprint density at radius 3 is 3.05 bits per heavy atom. The van der Waals surface area contributed by atoms with Crippen LogP contribution in [0.4, 0.5) is 4.39 Å². The number of pyridine rings is 1. The van der Waals surface area contributed by atoms with Crippen molar-refractivity contribution >= 4 is 23.4 Å². The van der Waals surface area contributed by atoms with E-state index in [1.165, 1.54) is 11.9 Å². The molecule has 1 fully saturated rings. The monoisotopic (exact) mass is 301 g/mol. The van der Waals surface area contributed by atoms with Crippen molar-refractivity contribution in [2.75, 3.05) is 26.8 Å². The van der Waals surface area contributed by atoms with Crippen LogP contribution in [0.5, 0.6) is 0 Å². The van der Waals surface area contributed by atoms with Crippen LogP contribution >= 0.6 is 11.6 Å². The predicted molar refractivity (Wildman–Crippen MR) is 68.9 cm³/mol. The van der Waals surface area contributed by atoms with Crippen LogP contribution in [0, 0.1) is 5.82 Å². The Morgan fingerprint density at radius 1 is 1.60 bits per heavy atom. The second-order valence-corrected chi connectivity index (χ2v) is 4.55. The first-order valence-corrected chi connectivity index (χ1v) is 6.33. The molecule has 108 valence electrons. The zero-order valence-electron chi connectivity index (χ0n) is 10.7. The molecule has 1 saturated heterocycles. The van der Waals surface area contributed by atoms with Gasteiger partial charge in [0.1, 0.15) is 17.0 Å². The average Bonchev–Trinajstić information content (AvgIpc) is 2.48. The van der Waals surface area contributed by atoms with Crippen LogP contribution < -0.4 is 5.32 Å². The molecule has 1 atom stereocenters. The third-order valence-electron chi connectivity index (χ3n) is 2.97. The second kappa shape index (κ2) is 6.15. The number of carbonyl (C=O) groups is 2. The van der Waals surface area contributed by atoms with Crippen LogP contribution in [0.25, 0.3) is 0 Å². The van der Waals surface area contributed by atoms with Gasteiger partial charge in [0.25, 0.3) is 5.91 Å². The van der Waals surface area contributed by atoms with Crippen LogP contribution in [-0.4, -0.2) is 54.5 Å². The number of hydrogen-bond donors (Lipinski definition) is 1. The summed E-state index contributed by atoms with van der Waals surface area (Å²) in [6.45, 7) is 0.620. The van der Waals surface area contributed by atoms with Crippen molar-refractivity contribution in [1.29, 1.82) is 0 Å². The van der Waals surface area contributed by atoms with Gasteiger partial charge in [0.15, 0.2) is 0 Å². The molecule has 1 aromatic rings. The highest BCUT2D eigenvalue weighted by Crippen LogP contribution is 2.19. The molecule has 0 aromatic carbocycles. The number of aromatic nitrogens is 1. The molecular formula is C12H13ClFN3O3. The van der Waals surface area contributed by atoms with E-state index in [9.17, 15) is 14.0 Å². The number of amides is 2. The summed E-state index contributed by atoms with van der Waals surface area (Å²) < 4.78 is 18.4. The van der Waals surface area contributed by atoms with E-state index in [2.05, 4.69) is 10.3 Å². The quantitative estimate of drug-likeness (QED) is 0.806. The molecule has 2 rings (SSSR count). The van der Waals surface area contributed by atoms with Crippen molar-refractivity contribution in [2.24, 2.45) is 0 Å². The van der Waals surface area contributed by atoms with Crippen LogP contribution in [-0.2, 0) is 9.53 Å². The number of nitrogens with one attached hydrogen (secondary N) is 1. The van der Waals surface area contributed by atoms with Gasteiger partial charge in [-0.25, -0.2) is 9.37 Å². The molecule has 0 spiro atoms. The van der Waals surface area contributed by atoms with E-state index in [0.29, 0.717) is 6.61 Å². The number of ether oxygens (including phenoxy) is 1. The summed E-state index contributed by atoms with van der Waals surface area (Å²) in [6, 6.07) is 0.245. The van der Waals surface area contributed by atoms with E-state index in [1.54, 1.807) is 0 Å². The van der Waals surface area contributed by atoms with Gasteiger partial charge in [-0.05, 0) is 6.07 Å². The van der Waals surface area contributed by atoms with E-state index in [4.69, 9.17) is 16.3 Å². The third kappa shape index (κ3) is 2.88. The number of rotatable bonds is 2. The lowest BCUT2D eigenvalue weighted by Gasteiger charge is -2.34. The molecule has 1 unspecified atom stereocenters. The molecule has 8 heteroatoms. The Kier molecular flexibility index (Phi) is 4.51. The van der Waals surface area contributed by atoms with Crippen molar-refractivity contribution in [2.45, 2.75) is 6.04 Å². The lowest BCUT2D eigenvalue weighted by atomic mass is 10.1. The minimum absolute atomic E-state index is 0.0672. The van der Waals surface area contributed by atoms with Gasteiger partial charge in [0.2, 0.25) is 5.91 Å². The van der Waals surface area contributed by atoms with Crippen LogP contribution in [0.3, 0.4) is 0 Å². The van der Waals surface area contributed by atoms with E-state index < -0.39 is 17.8 Å². The summed E-state index contributed by atoms with van der Waals surface area (Å²) in [5, 5.41) is 2.36. The molecule has 0 aliphatic carbocycles. The first-order valence-electron chi connectivity index (χ1n) is 5.96. The minimum atomic E-state index is -0.763. The van der Waals surface area contributed by atoms with E-state index >= 15 is 0 Å². The van der Waals surface area contributed by atoms with E-state index in [-0.39, 0.29) is 29.8 Å². The standard InChI is InChI=1S/C12H13ClFN3O3/c1-15-11(18)9-6-20-3-2-17(9)12(19)8-4-7(14)5-16-10(8)13/h4-5,9H,2-3,6H2,1H3,(H,15,18). The molecule has 1 N–H and O–H groups in total. The first kappa shape index (κ1) is 14.7. The maximum Gasteiger partial charge on any atom is 0.257 e. The molecule has 1 aliphatic heterocycles. The molecule has 0 bridgehead atoms. The molecule has 20 heavy (non-hydrogen) atoms. The van der Waals surface area contributed by atoms with Gasteiger partial charge in [0, 0.05) is 13.6 Å². The molecule has 2 amide bonds. The largest absolute Gasteiger partial charge is 0.377 e. The summed E-state index contributed by atoms with van der Waals surface area (Å²) in [7, 11) is 1.47. The molecule has 2 heterocycles. The van der Waals surface area contributed by atoms with Gasteiger partial charge in [-0.15, -0.1) is 0 Å². The smallest absolute Gasteiger partial charge is 0.257 e. The number of morpholine rings is 1. The van der Waals surface area contributed by atoms with Gasteiger partial charge in [-0.3, -0.25) is 9.59 Å². The van der Waals surface area contributed by atoms with Gasteiger partial charge in [-0.2, -0.15) is 0 Å². The summed E-state index contributed by atoms with van der Waals surface area (Å²) in [5.41, 5.74) is -0.0672. The normalized spacial score (nSPS) is 18.8. The first-order chi connectivity index (χ1) is 9.54. The topological polar surface area (TPSA) is 71.5 Å². The van der Waals surface area contributed by atoms with Crippen molar-refractivity contribution in [1.82, 2.24) is 15.2 Å². The molecule has 0 saturated carbocycles. The molecule has 1 aromatic heterocycles. The molecule has 6 nitrogen and oxygen atoms in total. The fraction of sp³-hybridized carbons (Fsp3) is 0.417. The number of carbonyl (C=O) groups excluding carboxylic acids is 2. The van der Waals surface area contributed by atoms with E-state index in [1.807, 2.05) is 0 Å². The van der Waals surface area contributed by atoms with Gasteiger partial charge >= 0.3 is 0 Å². The highest BCUT2D eigenvalue weighted by atomic mass is 35.5. The lowest BCUT2D eigenvalue weighted by molar-refractivity contribution is -0.130. The predicted octanol–water partition coefficient (Wildman–Crippen LogP) is 0.461.